The average Bonchev–Trinajstić information content (AvgIpc) is 3.50. The number of halogens is 2. The van der Waals surface area contributed by atoms with Crippen LogP contribution in [0, 0.1) is 5.95 Å². The zero-order valence-corrected chi connectivity index (χ0v) is 19.4. The Kier molecular flexibility index (Phi) is 4.86. The Bertz CT molecular complexity index is 1650. The molecule has 172 valence electrons. The minimum Gasteiger partial charge on any atom is -0.505 e. The Morgan fingerprint density at radius 3 is 2.85 bits per heavy atom. The molecule has 1 fully saturated rings. The number of phenolic OH excluding ortho intramolecular Hbond substituents is 1. The highest BCUT2D eigenvalue weighted by Crippen LogP contribution is 2.46. The van der Waals surface area contributed by atoms with Gasteiger partial charge in [0.15, 0.2) is 17.9 Å². The molecule has 3 heterocycles. The number of oxazole rings is 1. The van der Waals surface area contributed by atoms with Gasteiger partial charge < -0.3 is 14.3 Å². The third-order valence-electron chi connectivity index (χ3n) is 6.10. The number of rotatable bonds is 5. The summed E-state index contributed by atoms with van der Waals surface area (Å²) < 4.78 is 26.7. The van der Waals surface area contributed by atoms with Gasteiger partial charge in [0, 0.05) is 10.9 Å². The Morgan fingerprint density at radius 2 is 2.15 bits per heavy atom. The zero-order chi connectivity index (χ0) is 23.6. The second kappa shape index (κ2) is 7.82. The molecule has 0 radical (unpaired) electrons. The summed E-state index contributed by atoms with van der Waals surface area (Å²) in [5, 5.41) is 11.5. The summed E-state index contributed by atoms with van der Waals surface area (Å²) in [5.41, 5.74) is 1.41. The fourth-order valence-electron chi connectivity index (χ4n) is 4.24. The molecule has 1 saturated carbocycles. The van der Waals surface area contributed by atoms with Crippen LogP contribution in [0.2, 0.25) is 5.02 Å². The minimum atomic E-state index is -0.783. The number of methoxy groups -OCH3 is 1. The van der Waals surface area contributed by atoms with Gasteiger partial charge in [-0.2, -0.15) is 9.37 Å². The van der Waals surface area contributed by atoms with Crippen LogP contribution >= 0.6 is 22.9 Å². The van der Waals surface area contributed by atoms with Gasteiger partial charge >= 0.3 is 0 Å². The van der Waals surface area contributed by atoms with Crippen LogP contribution in [0.5, 0.6) is 11.5 Å². The van der Waals surface area contributed by atoms with Crippen molar-refractivity contribution in [3.05, 3.63) is 69.4 Å². The van der Waals surface area contributed by atoms with E-state index in [4.69, 9.17) is 25.7 Å². The van der Waals surface area contributed by atoms with Crippen molar-refractivity contribution in [2.45, 2.75) is 25.3 Å². The molecule has 2 aromatic carbocycles. The predicted molar refractivity (Wildman–Crippen MR) is 128 cm³/mol. The number of ether oxygens (including phenoxy) is 1. The molecule has 34 heavy (non-hydrogen) atoms. The van der Waals surface area contributed by atoms with Crippen molar-refractivity contribution in [1.82, 2.24) is 14.5 Å². The normalized spacial score (nSPS) is 13.7. The summed E-state index contributed by atoms with van der Waals surface area (Å²) in [7, 11) is 1.60. The highest BCUT2D eigenvalue weighted by molar-refractivity contribution is 7.25. The Morgan fingerprint density at radius 1 is 1.32 bits per heavy atom. The number of aromatic nitrogens is 3. The van der Waals surface area contributed by atoms with Crippen LogP contribution < -0.4 is 10.3 Å². The van der Waals surface area contributed by atoms with Crippen molar-refractivity contribution >= 4 is 43.2 Å². The van der Waals surface area contributed by atoms with Crippen LogP contribution in [0.1, 0.15) is 30.1 Å². The van der Waals surface area contributed by atoms with E-state index in [1.165, 1.54) is 22.0 Å². The molecule has 6 rings (SSSR count). The zero-order valence-electron chi connectivity index (χ0n) is 17.8. The van der Waals surface area contributed by atoms with Crippen LogP contribution in [-0.4, -0.2) is 26.8 Å². The molecular formula is C24H17ClFN3O4S. The van der Waals surface area contributed by atoms with Gasteiger partial charge in [-0.15, -0.1) is 11.3 Å². The molecule has 1 aliphatic carbocycles. The minimum absolute atomic E-state index is 0.0728. The maximum Gasteiger partial charge on any atom is 0.263 e. The predicted octanol–water partition coefficient (Wildman–Crippen LogP) is 5.70. The van der Waals surface area contributed by atoms with Crippen LogP contribution in [0.3, 0.4) is 0 Å². The molecule has 3 aromatic heterocycles. The number of fused-ring (bicyclic) bond motifs is 3. The fraction of sp³-hybridized carbons (Fsp3) is 0.208. The molecule has 10 heteroatoms. The molecule has 0 saturated heterocycles. The largest absolute Gasteiger partial charge is 0.505 e. The highest BCUT2D eigenvalue weighted by atomic mass is 35.5. The molecule has 5 aromatic rings. The second-order valence-electron chi connectivity index (χ2n) is 8.18. The topological polar surface area (TPSA) is 90.4 Å². The first-order valence-electron chi connectivity index (χ1n) is 10.6. The molecular weight excluding hydrogens is 481 g/mol. The lowest BCUT2D eigenvalue weighted by atomic mass is 10.0. The number of hydrogen-bond acceptors (Lipinski definition) is 7. The fourth-order valence-corrected chi connectivity index (χ4v) is 5.57. The van der Waals surface area contributed by atoms with Gasteiger partial charge in [0.25, 0.3) is 11.5 Å². The van der Waals surface area contributed by atoms with Gasteiger partial charge in [-0.1, -0.05) is 17.7 Å². The number of nitrogens with zero attached hydrogens (tertiary/aromatic N) is 3. The van der Waals surface area contributed by atoms with E-state index in [1.54, 1.807) is 13.2 Å². The molecule has 0 amide bonds. The van der Waals surface area contributed by atoms with Gasteiger partial charge in [0.2, 0.25) is 0 Å². The lowest BCUT2D eigenvalue weighted by Crippen LogP contribution is -2.24. The van der Waals surface area contributed by atoms with E-state index < -0.39 is 5.95 Å². The van der Waals surface area contributed by atoms with Gasteiger partial charge in [-0.3, -0.25) is 9.36 Å². The number of aromatic hydroxyl groups is 1. The lowest BCUT2D eigenvalue weighted by Gasteiger charge is -2.15. The van der Waals surface area contributed by atoms with E-state index in [0.29, 0.717) is 37.8 Å². The lowest BCUT2D eigenvalue weighted by molar-refractivity contribution is 0.414. The van der Waals surface area contributed by atoms with E-state index in [9.17, 15) is 14.3 Å². The van der Waals surface area contributed by atoms with Crippen LogP contribution in [-0.2, 0) is 6.54 Å². The summed E-state index contributed by atoms with van der Waals surface area (Å²) in [5.74, 6) is 0.474. The number of thiophene rings is 1. The molecule has 1 N–H and O–H groups in total. The monoisotopic (exact) mass is 497 g/mol. The van der Waals surface area contributed by atoms with Crippen LogP contribution in [0.15, 0.2) is 45.9 Å². The van der Waals surface area contributed by atoms with Crippen LogP contribution in [0.4, 0.5) is 4.39 Å². The summed E-state index contributed by atoms with van der Waals surface area (Å²) in [6.07, 6.45) is 3.06. The molecule has 0 aliphatic heterocycles. The number of hydrogen-bond donors (Lipinski definition) is 1. The smallest absolute Gasteiger partial charge is 0.263 e. The molecule has 0 spiro atoms. The Labute approximate surface area is 201 Å². The Balaban J connectivity index is 1.68. The molecule has 7 nitrogen and oxygen atoms in total. The van der Waals surface area contributed by atoms with Crippen molar-refractivity contribution < 1.29 is 18.7 Å². The second-order valence-corrected chi connectivity index (χ2v) is 9.58. The maximum atomic E-state index is 14.2. The summed E-state index contributed by atoms with van der Waals surface area (Å²) >= 11 is 7.29. The quantitative estimate of drug-likeness (QED) is 0.335. The summed E-state index contributed by atoms with van der Waals surface area (Å²) in [6.45, 7) is -0.185. The number of phenols is 1. The van der Waals surface area contributed by atoms with Crippen LogP contribution in [0.25, 0.3) is 31.7 Å². The van der Waals surface area contributed by atoms with Crippen molar-refractivity contribution in [1.29, 1.82) is 0 Å². The SMILES string of the molecule is COc1ccc(-c2nc3sc4c(O)c(Cl)ccc4c3c(=O)n2Cc2ocnc2F)c(C2CC2)c1. The standard InChI is InChI=1S/C24H17ClFN3O4S/c1-32-12-4-5-13(15(8-12)11-2-3-11)22-28-23-18(14-6-7-16(25)19(30)20(14)34-23)24(31)29(22)9-17-21(26)27-10-33-17/h4-8,10-11,30H,2-3,9H2,1H3. The third kappa shape index (κ3) is 3.26. The first-order valence-corrected chi connectivity index (χ1v) is 11.8. The van der Waals surface area contributed by atoms with Crippen molar-refractivity contribution in [3.63, 3.8) is 0 Å². The van der Waals surface area contributed by atoms with E-state index >= 15 is 0 Å². The maximum absolute atomic E-state index is 14.2. The van der Waals surface area contributed by atoms with E-state index in [-0.39, 0.29) is 28.6 Å². The number of benzene rings is 2. The van der Waals surface area contributed by atoms with Gasteiger partial charge in [-0.05, 0) is 48.6 Å². The van der Waals surface area contributed by atoms with Gasteiger partial charge in [0.1, 0.15) is 16.4 Å². The first-order chi connectivity index (χ1) is 16.5. The molecule has 0 bridgehead atoms. The van der Waals surface area contributed by atoms with Gasteiger partial charge in [0.05, 0.1) is 28.8 Å². The molecule has 0 unspecified atom stereocenters. The van der Waals surface area contributed by atoms with Crippen molar-refractivity contribution in [2.24, 2.45) is 0 Å². The first kappa shape index (κ1) is 21.1. The highest BCUT2D eigenvalue weighted by Gasteiger charge is 2.29. The molecule has 0 atom stereocenters. The van der Waals surface area contributed by atoms with Crippen molar-refractivity contribution in [3.8, 4) is 22.9 Å². The van der Waals surface area contributed by atoms with Gasteiger partial charge in [-0.25, -0.2) is 4.98 Å². The molecule has 1 aliphatic rings. The van der Waals surface area contributed by atoms with E-state index in [2.05, 4.69) is 4.98 Å². The van der Waals surface area contributed by atoms with E-state index in [0.717, 1.165) is 30.4 Å². The third-order valence-corrected chi connectivity index (χ3v) is 7.51. The summed E-state index contributed by atoms with van der Waals surface area (Å²) in [4.78, 5) is 22.7. The summed E-state index contributed by atoms with van der Waals surface area (Å²) in [6, 6.07) is 8.86. The Hall–Kier alpha value is -3.43. The van der Waals surface area contributed by atoms with E-state index in [1.807, 2.05) is 18.2 Å². The van der Waals surface area contributed by atoms with Crippen molar-refractivity contribution in [2.75, 3.05) is 7.11 Å². The average molecular weight is 498 g/mol.